The summed E-state index contributed by atoms with van der Waals surface area (Å²) in [6.07, 6.45) is 2.33. The molecule has 2 aromatic heterocycles. The van der Waals surface area contributed by atoms with E-state index in [0.717, 1.165) is 35.0 Å². The molecule has 0 radical (unpaired) electrons. The number of aliphatic hydroxyl groups is 1. The molecular weight excluding hydrogens is 372 g/mol. The summed E-state index contributed by atoms with van der Waals surface area (Å²) >= 11 is 1.66. The summed E-state index contributed by atoms with van der Waals surface area (Å²) < 4.78 is 7.23. The van der Waals surface area contributed by atoms with Gasteiger partial charge in [0.25, 0.3) is 5.56 Å². The fourth-order valence-electron chi connectivity index (χ4n) is 3.89. The lowest BCUT2D eigenvalue weighted by molar-refractivity contribution is 0.0195. The van der Waals surface area contributed by atoms with Gasteiger partial charge in [-0.05, 0) is 43.2 Å². The first-order chi connectivity index (χ1) is 13.5. The summed E-state index contributed by atoms with van der Waals surface area (Å²) in [7, 11) is 0. The summed E-state index contributed by atoms with van der Waals surface area (Å²) in [5.41, 5.74) is 2.21. The number of fused-ring (bicyclic) bond motifs is 3. The Labute approximate surface area is 168 Å². The van der Waals surface area contributed by atoms with Crippen LogP contribution in [0.2, 0.25) is 0 Å². The van der Waals surface area contributed by atoms with Gasteiger partial charge in [-0.2, -0.15) is 0 Å². The third-order valence-corrected chi connectivity index (χ3v) is 6.57. The van der Waals surface area contributed by atoms with E-state index in [1.807, 2.05) is 37.3 Å². The van der Waals surface area contributed by atoms with Gasteiger partial charge in [0.05, 0.1) is 31.2 Å². The molecule has 148 valence electrons. The molecule has 3 aromatic rings. The summed E-state index contributed by atoms with van der Waals surface area (Å²) in [5, 5.41) is 11.2. The molecule has 0 amide bonds. The average Bonchev–Trinajstić information content (AvgIpc) is 3.03. The zero-order valence-corrected chi connectivity index (χ0v) is 17.2. The van der Waals surface area contributed by atoms with E-state index >= 15 is 0 Å². The van der Waals surface area contributed by atoms with Crippen LogP contribution >= 0.6 is 11.3 Å². The van der Waals surface area contributed by atoms with Crippen molar-refractivity contribution in [3.63, 3.8) is 0 Å². The average molecular weight is 399 g/mol. The fourth-order valence-corrected chi connectivity index (χ4v) is 5.31. The Morgan fingerprint density at radius 3 is 2.93 bits per heavy atom. The van der Waals surface area contributed by atoms with Crippen LogP contribution in [0.1, 0.15) is 35.2 Å². The van der Waals surface area contributed by atoms with Gasteiger partial charge in [-0.1, -0.05) is 37.3 Å². The molecule has 2 heterocycles. The number of hydrogen-bond donors (Lipinski definition) is 1. The van der Waals surface area contributed by atoms with Crippen molar-refractivity contribution in [3.05, 3.63) is 62.5 Å². The third kappa shape index (κ3) is 3.90. The van der Waals surface area contributed by atoms with Gasteiger partial charge in [0.2, 0.25) is 0 Å². The van der Waals surface area contributed by atoms with Crippen LogP contribution in [0.3, 0.4) is 0 Å². The van der Waals surface area contributed by atoms with Gasteiger partial charge in [0, 0.05) is 4.88 Å². The van der Waals surface area contributed by atoms with E-state index in [-0.39, 0.29) is 18.7 Å². The van der Waals surface area contributed by atoms with E-state index in [0.29, 0.717) is 18.3 Å². The molecule has 0 aliphatic heterocycles. The molecular formula is C22H26N2O3S. The zero-order valence-electron chi connectivity index (χ0n) is 16.4. The molecule has 6 heteroatoms. The zero-order chi connectivity index (χ0) is 19.7. The molecule has 1 N–H and O–H groups in total. The van der Waals surface area contributed by atoms with Gasteiger partial charge in [-0.25, -0.2) is 4.98 Å². The van der Waals surface area contributed by atoms with E-state index in [4.69, 9.17) is 4.74 Å². The van der Waals surface area contributed by atoms with Crippen molar-refractivity contribution in [2.45, 2.75) is 52.4 Å². The molecule has 0 fully saturated rings. The van der Waals surface area contributed by atoms with Gasteiger partial charge in [0.1, 0.15) is 10.7 Å². The highest BCUT2D eigenvalue weighted by atomic mass is 32.1. The van der Waals surface area contributed by atoms with Crippen molar-refractivity contribution in [1.29, 1.82) is 0 Å². The van der Waals surface area contributed by atoms with Crippen molar-refractivity contribution < 1.29 is 9.84 Å². The number of rotatable bonds is 6. The number of benzene rings is 1. The van der Waals surface area contributed by atoms with Crippen LogP contribution in [0, 0.1) is 12.8 Å². The smallest absolute Gasteiger partial charge is 0.262 e. The molecule has 0 bridgehead atoms. The second-order valence-electron chi connectivity index (χ2n) is 7.76. The number of hydrogen-bond acceptors (Lipinski definition) is 5. The van der Waals surface area contributed by atoms with Gasteiger partial charge < -0.3 is 9.84 Å². The standard InChI is InChI=1S/C22H26N2O3S/c1-14-8-9-18-19(10-14)28-21-20(18)22(26)24(15(2)23-21)11-17(25)13-27-12-16-6-4-3-5-7-16/h3-7,14,17,25H,8-13H2,1-2H3. The molecule has 0 saturated carbocycles. The van der Waals surface area contributed by atoms with E-state index in [2.05, 4.69) is 11.9 Å². The summed E-state index contributed by atoms with van der Waals surface area (Å²) in [6.45, 7) is 4.91. The summed E-state index contributed by atoms with van der Waals surface area (Å²) in [5.74, 6) is 1.30. The molecule has 0 spiro atoms. The number of nitrogens with zero attached hydrogens (tertiary/aromatic N) is 2. The second-order valence-corrected chi connectivity index (χ2v) is 8.84. The van der Waals surface area contributed by atoms with Gasteiger partial charge in [-0.3, -0.25) is 9.36 Å². The molecule has 1 aromatic carbocycles. The number of aryl methyl sites for hydroxylation is 2. The SMILES string of the molecule is Cc1nc2sc3c(c2c(=O)n1CC(O)COCc1ccccc1)CCC(C)C3. The minimum Gasteiger partial charge on any atom is -0.389 e. The number of aromatic nitrogens is 2. The third-order valence-electron chi connectivity index (χ3n) is 5.42. The van der Waals surface area contributed by atoms with Crippen molar-refractivity contribution in [1.82, 2.24) is 9.55 Å². The van der Waals surface area contributed by atoms with Crippen molar-refractivity contribution in [2.75, 3.05) is 6.61 Å². The molecule has 1 aliphatic carbocycles. The summed E-state index contributed by atoms with van der Waals surface area (Å²) in [6, 6.07) is 9.85. The Balaban J connectivity index is 1.51. The van der Waals surface area contributed by atoms with Crippen molar-refractivity contribution in [3.8, 4) is 0 Å². The van der Waals surface area contributed by atoms with Crippen LogP contribution in [0.25, 0.3) is 10.2 Å². The molecule has 2 atom stereocenters. The number of aliphatic hydroxyl groups excluding tert-OH is 1. The van der Waals surface area contributed by atoms with E-state index in [1.54, 1.807) is 15.9 Å². The largest absolute Gasteiger partial charge is 0.389 e. The lowest BCUT2D eigenvalue weighted by Crippen LogP contribution is -2.31. The highest BCUT2D eigenvalue weighted by molar-refractivity contribution is 7.18. The quantitative estimate of drug-likeness (QED) is 0.691. The monoisotopic (exact) mass is 398 g/mol. The Bertz CT molecular complexity index is 1030. The Hall–Kier alpha value is -2.02. The van der Waals surface area contributed by atoms with Gasteiger partial charge in [0.15, 0.2) is 0 Å². The fraction of sp³-hybridized carbons (Fsp3) is 0.455. The van der Waals surface area contributed by atoms with Gasteiger partial charge >= 0.3 is 0 Å². The Kier molecular flexibility index (Phi) is 5.62. The molecule has 2 unspecified atom stereocenters. The van der Waals surface area contributed by atoms with Crippen molar-refractivity contribution >= 4 is 21.6 Å². The second kappa shape index (κ2) is 8.15. The van der Waals surface area contributed by atoms with Crippen molar-refractivity contribution in [2.24, 2.45) is 5.92 Å². The minimum absolute atomic E-state index is 0.0309. The first-order valence-corrected chi connectivity index (χ1v) is 10.7. The van der Waals surface area contributed by atoms with E-state index < -0.39 is 6.10 Å². The predicted octanol–water partition coefficient (Wildman–Crippen LogP) is 3.47. The van der Waals surface area contributed by atoms with Crippen LogP contribution in [0.5, 0.6) is 0 Å². The van der Waals surface area contributed by atoms with Crippen LogP contribution < -0.4 is 5.56 Å². The van der Waals surface area contributed by atoms with E-state index in [9.17, 15) is 9.90 Å². The molecule has 5 nitrogen and oxygen atoms in total. The van der Waals surface area contributed by atoms with Crippen LogP contribution in [-0.4, -0.2) is 27.4 Å². The summed E-state index contributed by atoms with van der Waals surface area (Å²) in [4.78, 5) is 20.0. The maximum atomic E-state index is 13.2. The minimum atomic E-state index is -0.756. The highest BCUT2D eigenvalue weighted by Crippen LogP contribution is 2.35. The molecule has 0 saturated heterocycles. The number of thiophene rings is 1. The van der Waals surface area contributed by atoms with Gasteiger partial charge in [-0.15, -0.1) is 11.3 Å². The van der Waals surface area contributed by atoms with Crippen LogP contribution in [0.15, 0.2) is 35.1 Å². The molecule has 4 rings (SSSR count). The van der Waals surface area contributed by atoms with Crippen LogP contribution in [-0.2, 0) is 30.7 Å². The maximum absolute atomic E-state index is 13.2. The lowest BCUT2D eigenvalue weighted by atomic mass is 9.89. The normalized spacial score (nSPS) is 17.6. The topological polar surface area (TPSA) is 64.4 Å². The highest BCUT2D eigenvalue weighted by Gasteiger charge is 2.24. The Morgan fingerprint density at radius 1 is 1.36 bits per heavy atom. The molecule has 28 heavy (non-hydrogen) atoms. The number of ether oxygens (including phenoxy) is 1. The maximum Gasteiger partial charge on any atom is 0.262 e. The lowest BCUT2D eigenvalue weighted by Gasteiger charge is -2.18. The van der Waals surface area contributed by atoms with Crippen LogP contribution in [0.4, 0.5) is 0 Å². The Morgan fingerprint density at radius 2 is 2.14 bits per heavy atom. The first-order valence-electron chi connectivity index (χ1n) is 9.84. The van der Waals surface area contributed by atoms with E-state index in [1.165, 1.54) is 10.4 Å². The molecule has 1 aliphatic rings. The first kappa shape index (κ1) is 19.3. The predicted molar refractivity (Wildman–Crippen MR) is 112 cm³/mol.